The molecule has 32 heavy (non-hydrogen) atoms. The second-order valence-electron chi connectivity index (χ2n) is 7.32. The van der Waals surface area contributed by atoms with E-state index in [-0.39, 0.29) is 17.1 Å². The van der Waals surface area contributed by atoms with Crippen LogP contribution in [0.15, 0.2) is 41.0 Å². The molecule has 0 radical (unpaired) electrons. The number of hydrogen-bond acceptors (Lipinski definition) is 8. The lowest BCUT2D eigenvalue weighted by atomic mass is 10.1. The van der Waals surface area contributed by atoms with Gasteiger partial charge in [0, 0.05) is 43.3 Å². The Kier molecular flexibility index (Phi) is 6.44. The number of furan rings is 1. The van der Waals surface area contributed by atoms with Crippen molar-refractivity contribution in [1.82, 2.24) is 19.2 Å². The number of rotatable bonds is 6. The highest BCUT2D eigenvalue weighted by atomic mass is 32.1. The van der Waals surface area contributed by atoms with Crippen molar-refractivity contribution in [1.29, 1.82) is 0 Å². The smallest absolute Gasteiger partial charge is 0.464 e. The predicted molar refractivity (Wildman–Crippen MR) is 111 cm³/mol. The number of aromatic nitrogens is 2. The maximum Gasteiger partial charge on any atom is 0.573 e. The number of carbonyl (C=O) groups is 1. The Bertz CT molecular complexity index is 1080. The summed E-state index contributed by atoms with van der Waals surface area (Å²) in [6.45, 7) is 4.46. The highest BCUT2D eigenvalue weighted by Crippen LogP contribution is 2.29. The monoisotopic (exact) mass is 467 g/mol. The number of anilines is 1. The number of benzene rings is 1. The first-order valence-electron chi connectivity index (χ1n) is 9.75. The third-order valence-corrected chi connectivity index (χ3v) is 5.53. The van der Waals surface area contributed by atoms with Gasteiger partial charge in [0.25, 0.3) is 5.91 Å². The molecule has 3 aromatic rings. The van der Waals surface area contributed by atoms with Gasteiger partial charge in [-0.1, -0.05) is 12.1 Å². The Balaban J connectivity index is 1.37. The summed E-state index contributed by atoms with van der Waals surface area (Å²) in [5.41, 5.74) is 0.550. The molecule has 1 aromatic carbocycles. The first-order valence-corrected chi connectivity index (χ1v) is 10.5. The molecule has 3 heterocycles. The molecule has 1 N–H and O–H groups in total. The fourth-order valence-corrected chi connectivity index (χ4v) is 3.77. The van der Waals surface area contributed by atoms with Crippen LogP contribution >= 0.6 is 11.5 Å². The summed E-state index contributed by atoms with van der Waals surface area (Å²) in [7, 11) is 2.08. The first kappa shape index (κ1) is 22.2. The van der Waals surface area contributed by atoms with E-state index in [2.05, 4.69) is 36.3 Å². The molecule has 1 aliphatic rings. The fourth-order valence-electron chi connectivity index (χ4n) is 3.20. The van der Waals surface area contributed by atoms with Gasteiger partial charge in [0.1, 0.15) is 17.8 Å². The molecule has 1 aliphatic heterocycles. The summed E-state index contributed by atoms with van der Waals surface area (Å²) < 4.78 is 50.9. The zero-order valence-corrected chi connectivity index (χ0v) is 17.9. The van der Waals surface area contributed by atoms with E-state index < -0.39 is 12.3 Å². The summed E-state index contributed by atoms with van der Waals surface area (Å²) in [4.78, 5) is 21.4. The number of halogens is 3. The zero-order chi connectivity index (χ0) is 22.7. The van der Waals surface area contributed by atoms with E-state index in [0.29, 0.717) is 23.1 Å². The number of nitrogens with one attached hydrogen (secondary N) is 1. The van der Waals surface area contributed by atoms with Crippen molar-refractivity contribution >= 4 is 22.6 Å². The van der Waals surface area contributed by atoms with Crippen molar-refractivity contribution in [3.8, 4) is 17.1 Å². The van der Waals surface area contributed by atoms with E-state index in [9.17, 15) is 18.0 Å². The summed E-state index contributed by atoms with van der Waals surface area (Å²) in [5, 5.41) is 3.04. The highest BCUT2D eigenvalue weighted by Gasteiger charge is 2.31. The molecule has 1 amide bonds. The third kappa shape index (κ3) is 5.84. The minimum Gasteiger partial charge on any atom is -0.464 e. The van der Waals surface area contributed by atoms with Gasteiger partial charge >= 0.3 is 6.36 Å². The molecule has 1 saturated heterocycles. The van der Waals surface area contributed by atoms with E-state index >= 15 is 0 Å². The normalized spacial score (nSPS) is 15.6. The molecule has 0 aliphatic carbocycles. The number of likely N-dealkylation sites (N-methyl/N-ethyl adjacent to an activating group) is 1. The SMILES string of the molecule is CN1CCN(Cc2nsc(NC(=O)c3coc(-c4cccc(OC(F)(F)F)c4)c3)n2)CC1. The molecular weight excluding hydrogens is 447 g/mol. The quantitative estimate of drug-likeness (QED) is 0.592. The number of hydrogen-bond donors (Lipinski definition) is 1. The lowest BCUT2D eigenvalue weighted by Crippen LogP contribution is -2.44. The van der Waals surface area contributed by atoms with Gasteiger partial charge in [-0.25, -0.2) is 4.98 Å². The maximum atomic E-state index is 12.5. The minimum atomic E-state index is -4.79. The van der Waals surface area contributed by atoms with Crippen LogP contribution in [0, 0.1) is 0 Å². The molecule has 0 spiro atoms. The van der Waals surface area contributed by atoms with Gasteiger partial charge < -0.3 is 14.1 Å². The van der Waals surface area contributed by atoms with Crippen LogP contribution in [-0.2, 0) is 6.54 Å². The Morgan fingerprint density at radius 2 is 2.03 bits per heavy atom. The number of carbonyl (C=O) groups excluding carboxylic acids is 1. The van der Waals surface area contributed by atoms with Crippen molar-refractivity contribution in [3.63, 3.8) is 0 Å². The van der Waals surface area contributed by atoms with Gasteiger partial charge in [0.15, 0.2) is 5.82 Å². The van der Waals surface area contributed by atoms with E-state index in [0.717, 1.165) is 37.7 Å². The summed E-state index contributed by atoms with van der Waals surface area (Å²) in [6, 6.07) is 6.77. The second-order valence-corrected chi connectivity index (χ2v) is 8.08. The number of amides is 1. The molecule has 0 saturated carbocycles. The second kappa shape index (κ2) is 9.27. The lowest BCUT2D eigenvalue weighted by molar-refractivity contribution is -0.274. The van der Waals surface area contributed by atoms with E-state index in [1.54, 1.807) is 6.07 Å². The lowest BCUT2D eigenvalue weighted by Gasteiger charge is -2.31. The number of ether oxygens (including phenoxy) is 1. The molecule has 4 rings (SSSR count). The van der Waals surface area contributed by atoms with Crippen LogP contribution in [0.2, 0.25) is 0 Å². The molecular formula is C20H20F3N5O3S. The Hall–Kier alpha value is -2.96. The van der Waals surface area contributed by atoms with Crippen LogP contribution < -0.4 is 10.1 Å². The molecule has 8 nitrogen and oxygen atoms in total. The van der Waals surface area contributed by atoms with Crippen molar-refractivity contribution in [2.45, 2.75) is 12.9 Å². The third-order valence-electron chi connectivity index (χ3n) is 4.86. The number of piperazine rings is 1. The van der Waals surface area contributed by atoms with Crippen molar-refractivity contribution in [2.75, 3.05) is 38.5 Å². The zero-order valence-electron chi connectivity index (χ0n) is 17.1. The van der Waals surface area contributed by atoms with Crippen molar-refractivity contribution in [2.24, 2.45) is 0 Å². The van der Waals surface area contributed by atoms with E-state index in [4.69, 9.17) is 4.42 Å². The molecule has 12 heteroatoms. The Labute approximate surface area is 185 Å². The summed E-state index contributed by atoms with van der Waals surface area (Å²) in [6.07, 6.45) is -3.56. The van der Waals surface area contributed by atoms with Crippen molar-refractivity contribution < 1.29 is 27.1 Å². The number of nitrogens with zero attached hydrogens (tertiary/aromatic N) is 4. The molecule has 0 unspecified atom stereocenters. The van der Waals surface area contributed by atoms with Gasteiger partial charge in [-0.3, -0.25) is 15.0 Å². The Morgan fingerprint density at radius 1 is 1.25 bits per heavy atom. The largest absolute Gasteiger partial charge is 0.573 e. The van der Waals surface area contributed by atoms with Gasteiger partial charge in [-0.15, -0.1) is 13.2 Å². The maximum absolute atomic E-state index is 12.5. The molecule has 0 atom stereocenters. The molecule has 0 bridgehead atoms. The van der Waals surface area contributed by atoms with Gasteiger partial charge in [-0.2, -0.15) is 4.37 Å². The Morgan fingerprint density at radius 3 is 2.78 bits per heavy atom. The predicted octanol–water partition coefficient (Wildman–Crippen LogP) is 3.70. The molecule has 1 fully saturated rings. The first-order chi connectivity index (χ1) is 15.2. The van der Waals surface area contributed by atoms with Gasteiger partial charge in [-0.05, 0) is 25.2 Å². The molecule has 170 valence electrons. The molecule has 2 aromatic heterocycles. The van der Waals surface area contributed by atoms with Crippen LogP contribution in [0.3, 0.4) is 0 Å². The standard InChI is InChI=1S/C20H20F3N5O3S/c1-27-5-7-28(8-6-27)11-17-24-19(32-26-17)25-18(29)14-10-16(30-12-14)13-3-2-4-15(9-13)31-20(21,22)23/h2-4,9-10,12H,5-8,11H2,1H3,(H,24,25,26,29). The van der Waals surface area contributed by atoms with Crippen molar-refractivity contribution in [3.05, 3.63) is 48.0 Å². The average molecular weight is 467 g/mol. The fraction of sp³-hybridized carbons (Fsp3) is 0.350. The van der Waals surface area contributed by atoms with Crippen LogP contribution in [0.5, 0.6) is 5.75 Å². The van der Waals surface area contributed by atoms with Crippen LogP contribution in [0.1, 0.15) is 16.2 Å². The van der Waals surface area contributed by atoms with Crippen LogP contribution in [-0.4, -0.2) is 64.7 Å². The van der Waals surface area contributed by atoms with E-state index in [1.807, 2.05) is 0 Å². The average Bonchev–Trinajstić information content (AvgIpc) is 3.39. The minimum absolute atomic E-state index is 0.206. The van der Waals surface area contributed by atoms with Gasteiger partial charge in [0.05, 0.1) is 12.1 Å². The number of alkyl halides is 3. The summed E-state index contributed by atoms with van der Waals surface area (Å²) in [5.74, 6) is 0.0455. The van der Waals surface area contributed by atoms with Gasteiger partial charge in [0.2, 0.25) is 5.13 Å². The van der Waals surface area contributed by atoms with Crippen LogP contribution in [0.25, 0.3) is 11.3 Å². The summed E-state index contributed by atoms with van der Waals surface area (Å²) >= 11 is 1.09. The highest BCUT2D eigenvalue weighted by molar-refractivity contribution is 7.09. The topological polar surface area (TPSA) is 83.7 Å². The van der Waals surface area contributed by atoms with Crippen LogP contribution in [0.4, 0.5) is 18.3 Å². The van der Waals surface area contributed by atoms with E-state index in [1.165, 1.54) is 30.5 Å².